The van der Waals surface area contributed by atoms with E-state index in [0.29, 0.717) is 10.0 Å². The quantitative estimate of drug-likeness (QED) is 0.863. The Balaban J connectivity index is 2.76. The maximum atomic E-state index is 11.8. The Kier molecular flexibility index (Phi) is 4.28. The van der Waals surface area contributed by atoms with Crippen molar-refractivity contribution < 1.29 is 9.18 Å². The number of nitrogens with one attached hydrogen (secondary N) is 1. The van der Waals surface area contributed by atoms with Crippen LogP contribution < -0.4 is 5.32 Å². The largest absolute Gasteiger partial charge is 0.349 e. The molecular formula is C8H7BrClFN2O. The van der Waals surface area contributed by atoms with Crippen molar-refractivity contribution >= 4 is 33.4 Å². The Morgan fingerprint density at radius 3 is 3.00 bits per heavy atom. The van der Waals surface area contributed by atoms with Gasteiger partial charge in [-0.05, 0) is 22.0 Å². The number of pyridine rings is 1. The third kappa shape index (κ3) is 2.92. The van der Waals surface area contributed by atoms with Gasteiger partial charge in [-0.15, -0.1) is 0 Å². The van der Waals surface area contributed by atoms with Crippen molar-refractivity contribution in [3.05, 3.63) is 27.5 Å². The molecule has 1 amide bonds. The minimum atomic E-state index is -0.589. The van der Waals surface area contributed by atoms with E-state index < -0.39 is 6.67 Å². The molecular weight excluding hydrogens is 274 g/mol. The fourth-order valence-electron chi connectivity index (χ4n) is 0.808. The predicted molar refractivity (Wildman–Crippen MR) is 55.3 cm³/mol. The second-order valence-corrected chi connectivity index (χ2v) is 3.65. The normalized spacial score (nSPS) is 9.93. The maximum Gasteiger partial charge on any atom is 0.252 e. The molecule has 0 radical (unpaired) electrons. The van der Waals surface area contributed by atoms with Crippen molar-refractivity contribution in [1.82, 2.24) is 10.3 Å². The van der Waals surface area contributed by atoms with E-state index in [0.717, 1.165) is 0 Å². The molecule has 0 aromatic carbocycles. The van der Waals surface area contributed by atoms with Gasteiger partial charge in [-0.3, -0.25) is 4.79 Å². The number of halogens is 3. The van der Waals surface area contributed by atoms with Crippen LogP contribution in [0.1, 0.15) is 10.4 Å². The second kappa shape index (κ2) is 5.26. The van der Waals surface area contributed by atoms with Crippen LogP contribution in [0.5, 0.6) is 0 Å². The van der Waals surface area contributed by atoms with Crippen molar-refractivity contribution in [2.75, 3.05) is 13.2 Å². The molecule has 0 aliphatic carbocycles. The van der Waals surface area contributed by atoms with Crippen LogP contribution in [-0.4, -0.2) is 24.1 Å². The van der Waals surface area contributed by atoms with E-state index in [1.54, 1.807) is 0 Å². The highest BCUT2D eigenvalue weighted by Crippen LogP contribution is 2.20. The molecule has 6 heteroatoms. The Bertz CT molecular complexity index is 348. The number of aromatic nitrogens is 1. The number of hydrogen-bond acceptors (Lipinski definition) is 2. The monoisotopic (exact) mass is 280 g/mol. The van der Waals surface area contributed by atoms with Crippen molar-refractivity contribution in [3.8, 4) is 0 Å². The van der Waals surface area contributed by atoms with Gasteiger partial charge in [-0.25, -0.2) is 9.37 Å². The highest BCUT2D eigenvalue weighted by molar-refractivity contribution is 9.10. The molecule has 14 heavy (non-hydrogen) atoms. The molecule has 0 aliphatic rings. The third-order valence-electron chi connectivity index (χ3n) is 1.44. The fraction of sp³-hybridized carbons (Fsp3) is 0.250. The summed E-state index contributed by atoms with van der Waals surface area (Å²) in [4.78, 5) is 15.1. The van der Waals surface area contributed by atoms with Gasteiger partial charge in [-0.2, -0.15) is 0 Å². The zero-order chi connectivity index (χ0) is 10.6. The zero-order valence-electron chi connectivity index (χ0n) is 7.06. The van der Waals surface area contributed by atoms with Gasteiger partial charge in [0, 0.05) is 12.7 Å². The van der Waals surface area contributed by atoms with Crippen molar-refractivity contribution in [1.29, 1.82) is 0 Å². The molecule has 3 nitrogen and oxygen atoms in total. The molecule has 0 saturated carbocycles. The SMILES string of the molecule is O=C(NCCF)c1cnc(Cl)c(Br)c1. The van der Waals surface area contributed by atoms with E-state index in [2.05, 4.69) is 26.2 Å². The molecule has 76 valence electrons. The van der Waals surface area contributed by atoms with Crippen molar-refractivity contribution in [2.24, 2.45) is 0 Å². The van der Waals surface area contributed by atoms with Crippen LogP contribution in [0.4, 0.5) is 4.39 Å². The second-order valence-electron chi connectivity index (χ2n) is 2.44. The summed E-state index contributed by atoms with van der Waals surface area (Å²) in [7, 11) is 0. The first-order valence-electron chi connectivity index (χ1n) is 3.80. The molecule has 0 saturated heterocycles. The number of rotatable bonds is 3. The summed E-state index contributed by atoms with van der Waals surface area (Å²) < 4.78 is 12.3. The first-order chi connectivity index (χ1) is 6.65. The summed E-state index contributed by atoms with van der Waals surface area (Å²) >= 11 is 8.77. The Morgan fingerprint density at radius 1 is 1.71 bits per heavy atom. The van der Waals surface area contributed by atoms with Crippen LogP contribution in [0.15, 0.2) is 16.7 Å². The minimum Gasteiger partial charge on any atom is -0.349 e. The van der Waals surface area contributed by atoms with Crippen LogP contribution in [0.3, 0.4) is 0 Å². The average Bonchev–Trinajstić information content (AvgIpc) is 2.18. The minimum absolute atomic E-state index is 0.000914. The van der Waals surface area contributed by atoms with Gasteiger partial charge in [0.25, 0.3) is 5.91 Å². The third-order valence-corrected chi connectivity index (χ3v) is 2.57. The van der Waals surface area contributed by atoms with Crippen molar-refractivity contribution in [2.45, 2.75) is 0 Å². The van der Waals surface area contributed by atoms with Gasteiger partial charge in [0.15, 0.2) is 0 Å². The van der Waals surface area contributed by atoms with Gasteiger partial charge in [0.2, 0.25) is 0 Å². The number of carbonyl (C=O) groups excluding carboxylic acids is 1. The van der Waals surface area contributed by atoms with Crippen LogP contribution in [0.25, 0.3) is 0 Å². The number of nitrogens with zero attached hydrogens (tertiary/aromatic N) is 1. The van der Waals surface area contributed by atoms with Crippen LogP contribution in [-0.2, 0) is 0 Å². The molecule has 1 aromatic heterocycles. The first kappa shape index (κ1) is 11.4. The Morgan fingerprint density at radius 2 is 2.43 bits per heavy atom. The molecule has 0 bridgehead atoms. The van der Waals surface area contributed by atoms with E-state index in [1.165, 1.54) is 12.3 Å². The van der Waals surface area contributed by atoms with Gasteiger partial charge in [-0.1, -0.05) is 11.6 Å². The molecule has 0 unspecified atom stereocenters. The van der Waals surface area contributed by atoms with Gasteiger partial charge >= 0.3 is 0 Å². The van der Waals surface area contributed by atoms with E-state index in [-0.39, 0.29) is 17.6 Å². The van der Waals surface area contributed by atoms with E-state index in [1.807, 2.05) is 0 Å². The summed E-state index contributed by atoms with van der Waals surface area (Å²) in [5.74, 6) is -0.368. The Hall–Kier alpha value is -0.680. The van der Waals surface area contributed by atoms with Gasteiger partial charge in [0.05, 0.1) is 10.0 Å². The average molecular weight is 282 g/mol. The maximum absolute atomic E-state index is 11.8. The molecule has 0 aliphatic heterocycles. The number of alkyl halides is 1. The topological polar surface area (TPSA) is 42.0 Å². The van der Waals surface area contributed by atoms with Gasteiger partial charge < -0.3 is 5.32 Å². The van der Waals surface area contributed by atoms with E-state index in [4.69, 9.17) is 11.6 Å². The summed E-state index contributed by atoms with van der Waals surface area (Å²) in [6.07, 6.45) is 1.33. The predicted octanol–water partition coefficient (Wildman–Crippen LogP) is 2.20. The van der Waals surface area contributed by atoms with Crippen LogP contribution in [0.2, 0.25) is 5.15 Å². The lowest BCUT2D eigenvalue weighted by molar-refractivity contribution is 0.0950. The summed E-state index contributed by atoms with van der Waals surface area (Å²) in [6.45, 7) is -0.590. The first-order valence-corrected chi connectivity index (χ1v) is 4.97. The molecule has 1 rings (SSSR count). The van der Waals surface area contributed by atoms with E-state index in [9.17, 15) is 9.18 Å². The lowest BCUT2D eigenvalue weighted by Gasteiger charge is -2.02. The summed E-state index contributed by atoms with van der Waals surface area (Å²) in [5, 5.41) is 2.66. The lowest BCUT2D eigenvalue weighted by Crippen LogP contribution is -2.25. The number of carbonyl (C=O) groups is 1. The van der Waals surface area contributed by atoms with Gasteiger partial charge in [0.1, 0.15) is 11.8 Å². The summed E-state index contributed by atoms with van der Waals surface area (Å²) in [5.41, 5.74) is 0.342. The summed E-state index contributed by atoms with van der Waals surface area (Å²) in [6, 6.07) is 1.53. The highest BCUT2D eigenvalue weighted by Gasteiger charge is 2.07. The number of amides is 1. The molecule has 0 fully saturated rings. The molecule has 1 heterocycles. The standard InChI is InChI=1S/C8H7BrClFN2O/c9-6-3-5(4-13-7(6)10)8(14)12-2-1-11/h3-4H,1-2H2,(H,12,14). The fourth-order valence-corrected chi connectivity index (χ4v) is 1.26. The molecule has 0 atom stereocenters. The molecule has 1 N–H and O–H groups in total. The smallest absolute Gasteiger partial charge is 0.252 e. The lowest BCUT2D eigenvalue weighted by atomic mass is 10.3. The number of hydrogen-bond donors (Lipinski definition) is 1. The highest BCUT2D eigenvalue weighted by atomic mass is 79.9. The molecule has 1 aromatic rings. The zero-order valence-corrected chi connectivity index (χ0v) is 9.40. The van der Waals surface area contributed by atoms with Crippen LogP contribution in [0, 0.1) is 0 Å². The van der Waals surface area contributed by atoms with Crippen molar-refractivity contribution in [3.63, 3.8) is 0 Å². The van der Waals surface area contributed by atoms with E-state index >= 15 is 0 Å². The van der Waals surface area contributed by atoms with Crippen LogP contribution >= 0.6 is 27.5 Å². The Labute approximate surface area is 93.8 Å². The molecule has 0 spiro atoms.